The first-order valence-corrected chi connectivity index (χ1v) is 9.07. The number of hydrazone groups is 1. The molecule has 1 amide bonds. The Bertz CT molecular complexity index is 731. The number of benzene rings is 1. The zero-order valence-electron chi connectivity index (χ0n) is 15.3. The predicted molar refractivity (Wildman–Crippen MR) is 93.3 cm³/mol. The molecule has 1 aromatic rings. The lowest BCUT2D eigenvalue weighted by Crippen LogP contribution is -2.62. The molecule has 2 aliphatic rings. The number of amides is 1. The van der Waals surface area contributed by atoms with Gasteiger partial charge in [0.2, 0.25) is 0 Å². The number of rotatable bonds is 4. The first-order valence-electron chi connectivity index (χ1n) is 9.07. The van der Waals surface area contributed by atoms with Gasteiger partial charge in [-0.3, -0.25) is 4.79 Å². The molecule has 1 aliphatic heterocycles. The van der Waals surface area contributed by atoms with Gasteiger partial charge in [0.05, 0.1) is 5.92 Å². The highest BCUT2D eigenvalue weighted by Gasteiger charge is 2.68. The highest BCUT2D eigenvalue weighted by molar-refractivity contribution is 5.93. The fourth-order valence-corrected chi connectivity index (χ4v) is 3.62. The molecule has 1 aromatic carbocycles. The third-order valence-electron chi connectivity index (χ3n) is 5.18. The predicted octanol–water partition coefficient (Wildman–Crippen LogP) is 3.83. The molecule has 1 heterocycles. The maximum atomic E-state index is 13.7. The van der Waals surface area contributed by atoms with Gasteiger partial charge in [-0.05, 0) is 42.9 Å². The summed E-state index contributed by atoms with van der Waals surface area (Å²) in [5.41, 5.74) is -1.99. The van der Waals surface area contributed by atoms with E-state index in [-0.39, 0.29) is 17.1 Å². The second-order valence-corrected chi connectivity index (χ2v) is 7.33. The first-order chi connectivity index (χ1) is 12.6. The minimum absolute atomic E-state index is 0.149. The van der Waals surface area contributed by atoms with Gasteiger partial charge in [-0.25, -0.2) is 0 Å². The number of fused-ring (bicyclic) bond motifs is 1. The fourth-order valence-electron chi connectivity index (χ4n) is 3.62. The average molecular weight is 384 g/mol. The molecule has 8 heteroatoms. The first kappa shape index (κ1) is 19.7. The molecule has 2 atom stereocenters. The van der Waals surface area contributed by atoms with Gasteiger partial charge in [0.15, 0.2) is 6.61 Å². The number of aliphatic hydroxyl groups is 1. The Morgan fingerprint density at radius 3 is 2.59 bits per heavy atom. The van der Waals surface area contributed by atoms with E-state index in [4.69, 9.17) is 4.74 Å². The van der Waals surface area contributed by atoms with Crippen LogP contribution >= 0.6 is 0 Å². The summed E-state index contributed by atoms with van der Waals surface area (Å²) in [6, 6.07) is 6.99. The van der Waals surface area contributed by atoms with E-state index in [1.807, 2.05) is 26.0 Å². The Morgan fingerprint density at radius 1 is 1.33 bits per heavy atom. The molecule has 0 bridgehead atoms. The monoisotopic (exact) mass is 384 g/mol. The van der Waals surface area contributed by atoms with Gasteiger partial charge < -0.3 is 9.84 Å². The van der Waals surface area contributed by atoms with Crippen LogP contribution in [0.15, 0.2) is 29.4 Å². The topological polar surface area (TPSA) is 62.1 Å². The number of ether oxygens (including phenoxy) is 1. The minimum Gasteiger partial charge on any atom is -0.484 e. The van der Waals surface area contributed by atoms with Crippen molar-refractivity contribution in [3.05, 3.63) is 29.8 Å². The number of nitrogens with zero attached hydrogens (tertiary/aromatic N) is 2. The van der Waals surface area contributed by atoms with Crippen molar-refractivity contribution in [3.63, 3.8) is 0 Å². The van der Waals surface area contributed by atoms with Gasteiger partial charge >= 0.3 is 6.18 Å². The number of carbonyl (C=O) groups excluding carboxylic acids is 1. The molecular formula is C19H23F3N2O3. The lowest BCUT2D eigenvalue weighted by molar-refractivity contribution is -0.317. The normalized spacial score (nSPS) is 25.4. The summed E-state index contributed by atoms with van der Waals surface area (Å²) < 4.78 is 46.3. The third-order valence-corrected chi connectivity index (χ3v) is 5.18. The molecular weight excluding hydrogens is 361 g/mol. The Labute approximate surface area is 155 Å². The van der Waals surface area contributed by atoms with Gasteiger partial charge in [-0.2, -0.15) is 23.3 Å². The van der Waals surface area contributed by atoms with Crippen LogP contribution in [0.3, 0.4) is 0 Å². The zero-order valence-corrected chi connectivity index (χ0v) is 15.3. The summed E-state index contributed by atoms with van der Waals surface area (Å²) in [5.74, 6) is -1.54. The van der Waals surface area contributed by atoms with E-state index in [9.17, 15) is 23.1 Å². The van der Waals surface area contributed by atoms with Crippen LogP contribution in [0.5, 0.6) is 5.75 Å². The van der Waals surface area contributed by atoms with Crippen LogP contribution in [-0.2, 0) is 4.79 Å². The highest BCUT2D eigenvalue weighted by atomic mass is 19.4. The van der Waals surface area contributed by atoms with Crippen molar-refractivity contribution in [3.8, 4) is 5.75 Å². The lowest BCUT2D eigenvalue weighted by Gasteiger charge is -2.38. The molecule has 148 valence electrons. The molecule has 1 fully saturated rings. The van der Waals surface area contributed by atoms with Crippen LogP contribution in [0.4, 0.5) is 13.2 Å². The van der Waals surface area contributed by atoms with Crippen molar-refractivity contribution in [1.82, 2.24) is 5.01 Å². The number of halogens is 3. The van der Waals surface area contributed by atoms with E-state index in [0.29, 0.717) is 30.9 Å². The molecule has 0 spiro atoms. The van der Waals surface area contributed by atoms with Crippen LogP contribution in [0, 0.1) is 5.92 Å². The van der Waals surface area contributed by atoms with Gasteiger partial charge in [0.1, 0.15) is 5.75 Å². The van der Waals surface area contributed by atoms with Crippen molar-refractivity contribution in [2.75, 3.05) is 6.61 Å². The SMILES string of the molecule is CC(C)c1ccc(OCC(=O)N2N=C3CCCC[C@@H]3[C@]2(O)C(F)(F)F)cc1. The Balaban J connectivity index is 1.75. The van der Waals surface area contributed by atoms with Gasteiger partial charge in [-0.15, -0.1) is 0 Å². The average Bonchev–Trinajstić information content (AvgIpc) is 2.94. The van der Waals surface area contributed by atoms with E-state index < -0.39 is 30.3 Å². The van der Waals surface area contributed by atoms with Crippen LogP contribution in [-0.4, -0.2) is 40.2 Å². The van der Waals surface area contributed by atoms with E-state index in [1.54, 1.807) is 12.1 Å². The molecule has 0 saturated heterocycles. The van der Waals surface area contributed by atoms with Crippen molar-refractivity contribution >= 4 is 11.6 Å². The summed E-state index contributed by atoms with van der Waals surface area (Å²) in [7, 11) is 0. The summed E-state index contributed by atoms with van der Waals surface area (Å²) >= 11 is 0. The van der Waals surface area contributed by atoms with Crippen LogP contribution < -0.4 is 4.74 Å². The molecule has 1 N–H and O–H groups in total. The largest absolute Gasteiger partial charge is 0.484 e. The van der Waals surface area contributed by atoms with Crippen molar-refractivity contribution in [2.45, 2.75) is 57.3 Å². The molecule has 0 aromatic heterocycles. The molecule has 1 saturated carbocycles. The number of hydrogen-bond donors (Lipinski definition) is 1. The molecule has 0 radical (unpaired) electrons. The molecule has 1 aliphatic carbocycles. The summed E-state index contributed by atoms with van der Waals surface area (Å²) in [4.78, 5) is 12.4. The lowest BCUT2D eigenvalue weighted by atomic mass is 9.80. The zero-order chi connectivity index (χ0) is 19.8. The quantitative estimate of drug-likeness (QED) is 0.858. The Kier molecular flexibility index (Phi) is 5.20. The van der Waals surface area contributed by atoms with Crippen molar-refractivity contribution in [2.24, 2.45) is 11.0 Å². The van der Waals surface area contributed by atoms with E-state index in [1.165, 1.54) is 0 Å². The Hall–Kier alpha value is -2.09. The number of alkyl halides is 3. The third kappa shape index (κ3) is 3.54. The van der Waals surface area contributed by atoms with Crippen LogP contribution in [0.2, 0.25) is 0 Å². The highest BCUT2D eigenvalue weighted by Crippen LogP contribution is 2.48. The van der Waals surface area contributed by atoms with E-state index in [0.717, 1.165) is 5.56 Å². The smallest absolute Gasteiger partial charge is 0.439 e. The van der Waals surface area contributed by atoms with E-state index >= 15 is 0 Å². The molecule has 5 nitrogen and oxygen atoms in total. The van der Waals surface area contributed by atoms with Crippen molar-refractivity contribution < 1.29 is 27.8 Å². The molecule has 3 rings (SSSR count). The minimum atomic E-state index is -5.01. The maximum Gasteiger partial charge on any atom is 0.439 e. The summed E-state index contributed by atoms with van der Waals surface area (Å²) in [5, 5.41) is 14.5. The molecule has 27 heavy (non-hydrogen) atoms. The second-order valence-electron chi connectivity index (χ2n) is 7.33. The Morgan fingerprint density at radius 2 is 2.00 bits per heavy atom. The second kappa shape index (κ2) is 7.14. The van der Waals surface area contributed by atoms with Crippen molar-refractivity contribution in [1.29, 1.82) is 0 Å². The van der Waals surface area contributed by atoms with Gasteiger partial charge in [0.25, 0.3) is 11.6 Å². The standard InChI is InChI=1S/C19H23F3N2O3/c1-12(2)13-7-9-14(10-8-13)27-11-17(25)24-18(26,19(20,21)22)15-5-3-4-6-16(15)23-24/h7-10,12,15,26H,3-6,11H2,1-2H3/t15-,18-/m0/s1. The summed E-state index contributed by atoms with van der Waals surface area (Å²) in [6.07, 6.45) is -3.25. The number of carbonyl (C=O) groups is 1. The summed E-state index contributed by atoms with van der Waals surface area (Å²) in [6.45, 7) is 3.43. The van der Waals surface area contributed by atoms with Crippen LogP contribution in [0.1, 0.15) is 51.0 Å². The van der Waals surface area contributed by atoms with Crippen LogP contribution in [0.25, 0.3) is 0 Å². The number of hydrogen-bond acceptors (Lipinski definition) is 4. The fraction of sp³-hybridized carbons (Fsp3) is 0.579. The molecule has 0 unspecified atom stereocenters. The van der Waals surface area contributed by atoms with E-state index in [2.05, 4.69) is 5.10 Å². The van der Waals surface area contributed by atoms with Gasteiger partial charge in [-0.1, -0.05) is 32.4 Å². The maximum absolute atomic E-state index is 13.7. The van der Waals surface area contributed by atoms with Gasteiger partial charge in [0, 0.05) is 5.71 Å².